The highest BCUT2D eigenvalue weighted by atomic mass is 16.5. The topological polar surface area (TPSA) is 128 Å². The first kappa shape index (κ1) is 16.3. The predicted octanol–water partition coefficient (Wildman–Crippen LogP) is 1.12. The maximum absolute atomic E-state index is 12.3. The van der Waals surface area contributed by atoms with Crippen LogP contribution in [0.25, 0.3) is 5.95 Å². The molecule has 0 aliphatic carbocycles. The molecule has 25 heavy (non-hydrogen) atoms. The number of carbonyl (C=O) groups is 2. The Bertz CT molecular complexity index is 902. The number of rotatable bonds is 5. The van der Waals surface area contributed by atoms with Gasteiger partial charge in [0.1, 0.15) is 12.2 Å². The number of H-pyrrole nitrogens is 1. The summed E-state index contributed by atoms with van der Waals surface area (Å²) in [4.78, 5) is 32.2. The van der Waals surface area contributed by atoms with Crippen LogP contribution >= 0.6 is 0 Å². The van der Waals surface area contributed by atoms with Gasteiger partial charge in [0.25, 0.3) is 5.91 Å². The summed E-state index contributed by atoms with van der Waals surface area (Å²) >= 11 is 0. The Morgan fingerprint density at radius 1 is 1.36 bits per heavy atom. The van der Waals surface area contributed by atoms with Gasteiger partial charge in [-0.25, -0.2) is 14.9 Å². The van der Waals surface area contributed by atoms with E-state index in [0.29, 0.717) is 23.0 Å². The number of hydrogen-bond donors (Lipinski definition) is 2. The molecule has 10 heteroatoms. The van der Waals surface area contributed by atoms with E-state index < -0.39 is 11.9 Å². The lowest BCUT2D eigenvalue weighted by Crippen LogP contribution is -2.15. The fourth-order valence-corrected chi connectivity index (χ4v) is 2.11. The van der Waals surface area contributed by atoms with E-state index in [1.54, 1.807) is 32.0 Å². The molecule has 0 atom stereocenters. The van der Waals surface area contributed by atoms with E-state index in [2.05, 4.69) is 30.6 Å². The molecule has 0 radical (unpaired) electrons. The van der Waals surface area contributed by atoms with E-state index in [9.17, 15) is 9.59 Å². The molecule has 0 spiro atoms. The first-order valence-electron chi connectivity index (χ1n) is 7.46. The Labute approximate surface area is 142 Å². The Hall–Kier alpha value is -3.56. The van der Waals surface area contributed by atoms with Gasteiger partial charge in [-0.3, -0.25) is 4.79 Å². The molecule has 0 saturated carbocycles. The maximum Gasteiger partial charge on any atom is 0.338 e. The summed E-state index contributed by atoms with van der Waals surface area (Å²) in [6.07, 6.45) is 1.33. The van der Waals surface area contributed by atoms with E-state index in [1.165, 1.54) is 17.1 Å². The first-order chi connectivity index (χ1) is 12.1. The Morgan fingerprint density at radius 3 is 2.92 bits per heavy atom. The molecule has 10 nitrogen and oxygen atoms in total. The number of aromatic amines is 1. The fourth-order valence-electron chi connectivity index (χ4n) is 2.11. The second kappa shape index (κ2) is 6.91. The Morgan fingerprint density at radius 2 is 2.20 bits per heavy atom. The molecule has 1 amide bonds. The zero-order valence-corrected chi connectivity index (χ0v) is 13.6. The van der Waals surface area contributed by atoms with E-state index in [4.69, 9.17) is 4.74 Å². The average molecular weight is 341 g/mol. The second-order valence-corrected chi connectivity index (χ2v) is 4.96. The molecule has 0 fully saturated rings. The number of aryl methyl sites for hydroxylation is 1. The third-order valence-corrected chi connectivity index (χ3v) is 3.21. The van der Waals surface area contributed by atoms with Crippen molar-refractivity contribution >= 4 is 17.6 Å². The van der Waals surface area contributed by atoms with Crippen LogP contribution in [0, 0.1) is 6.92 Å². The minimum atomic E-state index is -0.512. The van der Waals surface area contributed by atoms with E-state index in [-0.39, 0.29) is 12.4 Å². The predicted molar refractivity (Wildman–Crippen MR) is 86.4 cm³/mol. The van der Waals surface area contributed by atoms with Crippen LogP contribution < -0.4 is 5.32 Å². The van der Waals surface area contributed by atoms with Gasteiger partial charge in [0.05, 0.1) is 12.2 Å². The Balaban J connectivity index is 1.78. The second-order valence-electron chi connectivity index (χ2n) is 4.96. The van der Waals surface area contributed by atoms with Crippen LogP contribution in [0.15, 0.2) is 30.6 Å². The van der Waals surface area contributed by atoms with Crippen molar-refractivity contribution in [3.05, 3.63) is 47.8 Å². The number of aromatic nitrogens is 6. The smallest absolute Gasteiger partial charge is 0.338 e. The Kier molecular flexibility index (Phi) is 4.50. The standard InChI is InChI=1S/C15H15N7O3/c1-3-25-14(24)10-5-4-6-11(7-10)19-13(23)12-18-9(2)22(21-12)15-16-8-17-20-15/h4-8H,3H2,1-2H3,(H,19,23)(H,16,17,20). The van der Waals surface area contributed by atoms with Gasteiger partial charge in [0.15, 0.2) is 0 Å². The molecule has 3 aromatic rings. The zero-order valence-electron chi connectivity index (χ0n) is 13.6. The summed E-state index contributed by atoms with van der Waals surface area (Å²) in [5, 5.41) is 13.1. The van der Waals surface area contributed by atoms with Gasteiger partial charge in [-0.2, -0.15) is 14.8 Å². The van der Waals surface area contributed by atoms with Crippen molar-refractivity contribution in [1.82, 2.24) is 29.9 Å². The van der Waals surface area contributed by atoms with Crippen LogP contribution in [0.3, 0.4) is 0 Å². The van der Waals surface area contributed by atoms with Crippen molar-refractivity contribution in [2.75, 3.05) is 11.9 Å². The summed E-state index contributed by atoms with van der Waals surface area (Å²) in [7, 11) is 0. The number of ether oxygens (including phenoxy) is 1. The van der Waals surface area contributed by atoms with Gasteiger partial charge in [-0.15, -0.1) is 5.10 Å². The van der Waals surface area contributed by atoms with Gasteiger partial charge in [-0.1, -0.05) is 6.07 Å². The van der Waals surface area contributed by atoms with Crippen LogP contribution in [0.5, 0.6) is 0 Å². The molecule has 0 bridgehead atoms. The summed E-state index contributed by atoms with van der Waals surface area (Å²) in [5.41, 5.74) is 0.778. The lowest BCUT2D eigenvalue weighted by atomic mass is 10.2. The normalized spacial score (nSPS) is 10.5. The molecule has 0 aliphatic rings. The van der Waals surface area contributed by atoms with Crippen molar-refractivity contribution in [2.24, 2.45) is 0 Å². The first-order valence-corrected chi connectivity index (χ1v) is 7.46. The highest BCUT2D eigenvalue weighted by Gasteiger charge is 2.17. The molecule has 0 saturated heterocycles. The van der Waals surface area contributed by atoms with Crippen LogP contribution in [-0.2, 0) is 4.74 Å². The number of amides is 1. The number of nitrogens with one attached hydrogen (secondary N) is 2. The van der Waals surface area contributed by atoms with Gasteiger partial charge in [0.2, 0.25) is 11.8 Å². The van der Waals surface area contributed by atoms with Crippen molar-refractivity contribution in [3.63, 3.8) is 0 Å². The quantitative estimate of drug-likeness (QED) is 0.666. The average Bonchev–Trinajstić information content (AvgIpc) is 3.24. The number of hydrogen-bond acceptors (Lipinski definition) is 7. The van der Waals surface area contributed by atoms with Gasteiger partial charge >= 0.3 is 5.97 Å². The van der Waals surface area contributed by atoms with E-state index in [0.717, 1.165) is 0 Å². The number of esters is 1. The molecule has 2 N–H and O–H groups in total. The third-order valence-electron chi connectivity index (χ3n) is 3.21. The summed E-state index contributed by atoms with van der Waals surface area (Å²) < 4.78 is 6.31. The van der Waals surface area contributed by atoms with E-state index in [1.807, 2.05) is 0 Å². The van der Waals surface area contributed by atoms with Crippen LogP contribution in [0.1, 0.15) is 33.7 Å². The number of nitrogens with zero attached hydrogens (tertiary/aromatic N) is 5. The van der Waals surface area contributed by atoms with Crippen molar-refractivity contribution in [3.8, 4) is 5.95 Å². The molecule has 2 heterocycles. The summed E-state index contributed by atoms with van der Waals surface area (Å²) in [6, 6.07) is 6.43. The molecule has 0 unspecified atom stereocenters. The summed E-state index contributed by atoms with van der Waals surface area (Å²) in [5.74, 6) is -0.171. The highest BCUT2D eigenvalue weighted by Crippen LogP contribution is 2.13. The molecule has 2 aromatic heterocycles. The number of anilines is 1. The largest absolute Gasteiger partial charge is 0.462 e. The lowest BCUT2D eigenvalue weighted by molar-refractivity contribution is 0.0526. The van der Waals surface area contributed by atoms with Gasteiger partial charge < -0.3 is 10.1 Å². The molecule has 0 aliphatic heterocycles. The maximum atomic E-state index is 12.3. The van der Waals surface area contributed by atoms with Crippen LogP contribution in [0.2, 0.25) is 0 Å². The number of benzene rings is 1. The van der Waals surface area contributed by atoms with Gasteiger partial charge in [-0.05, 0) is 32.0 Å². The van der Waals surface area contributed by atoms with Crippen molar-refractivity contribution in [1.29, 1.82) is 0 Å². The monoisotopic (exact) mass is 341 g/mol. The molecular formula is C15H15N7O3. The minimum absolute atomic E-state index is 0.0320. The molecule has 1 aromatic carbocycles. The van der Waals surface area contributed by atoms with Crippen LogP contribution in [-0.4, -0.2) is 48.4 Å². The van der Waals surface area contributed by atoms with E-state index >= 15 is 0 Å². The zero-order chi connectivity index (χ0) is 17.8. The summed E-state index contributed by atoms with van der Waals surface area (Å²) in [6.45, 7) is 3.69. The minimum Gasteiger partial charge on any atom is -0.462 e. The van der Waals surface area contributed by atoms with Gasteiger partial charge in [0, 0.05) is 5.69 Å². The van der Waals surface area contributed by atoms with Crippen molar-refractivity contribution < 1.29 is 14.3 Å². The third kappa shape index (κ3) is 3.52. The van der Waals surface area contributed by atoms with Crippen LogP contribution in [0.4, 0.5) is 5.69 Å². The molecule has 128 valence electrons. The SMILES string of the molecule is CCOC(=O)c1cccc(NC(=O)c2nc(C)n(-c3ncn[nH]3)n2)c1. The lowest BCUT2D eigenvalue weighted by Gasteiger charge is -2.05. The molecular weight excluding hydrogens is 326 g/mol. The van der Waals surface area contributed by atoms with Crippen molar-refractivity contribution in [2.45, 2.75) is 13.8 Å². The molecule has 3 rings (SSSR count). The number of carbonyl (C=O) groups excluding carboxylic acids is 2. The highest BCUT2D eigenvalue weighted by molar-refractivity contribution is 6.02. The fraction of sp³-hybridized carbons (Fsp3) is 0.200.